The molecule has 0 aliphatic carbocycles. The lowest BCUT2D eigenvalue weighted by molar-refractivity contribution is -0.0787. The van der Waals surface area contributed by atoms with Crippen molar-refractivity contribution in [3.05, 3.63) is 35.9 Å². The molecule has 112 valence electrons. The Balaban J connectivity index is 1.91. The van der Waals surface area contributed by atoms with Crippen LogP contribution in [0.2, 0.25) is 0 Å². The number of hydrogen-bond acceptors (Lipinski definition) is 4. The molecule has 2 atom stereocenters. The predicted molar refractivity (Wildman–Crippen MR) is 80.5 cm³/mol. The van der Waals surface area contributed by atoms with Crippen molar-refractivity contribution in [3.63, 3.8) is 0 Å². The van der Waals surface area contributed by atoms with Crippen LogP contribution in [0.25, 0.3) is 0 Å². The van der Waals surface area contributed by atoms with Gasteiger partial charge in [-0.3, -0.25) is 4.90 Å². The van der Waals surface area contributed by atoms with E-state index in [1.807, 2.05) is 18.2 Å². The van der Waals surface area contributed by atoms with Gasteiger partial charge in [0.15, 0.2) is 0 Å². The molecule has 1 aliphatic rings. The minimum absolute atomic E-state index is 0.0817. The molecule has 2 unspecified atom stereocenters. The first-order valence-corrected chi connectivity index (χ1v) is 9.10. The Hall–Kier alpha value is -0.910. The van der Waals surface area contributed by atoms with Crippen molar-refractivity contribution in [2.45, 2.75) is 25.6 Å². The Labute approximate surface area is 121 Å². The van der Waals surface area contributed by atoms with E-state index < -0.39 is 9.84 Å². The van der Waals surface area contributed by atoms with Gasteiger partial charge in [-0.05, 0) is 25.5 Å². The average Bonchev–Trinajstić information content (AvgIpc) is 2.37. The van der Waals surface area contributed by atoms with Crippen LogP contribution in [0, 0.1) is 0 Å². The van der Waals surface area contributed by atoms with Gasteiger partial charge in [0.1, 0.15) is 9.84 Å². The first-order valence-electron chi connectivity index (χ1n) is 7.04. The summed E-state index contributed by atoms with van der Waals surface area (Å²) >= 11 is 0. The van der Waals surface area contributed by atoms with E-state index in [1.54, 1.807) is 0 Å². The second-order valence-corrected chi connectivity index (χ2v) is 7.85. The molecule has 0 radical (unpaired) electrons. The zero-order chi connectivity index (χ0) is 14.6. The van der Waals surface area contributed by atoms with Crippen LogP contribution in [0.1, 0.15) is 25.0 Å². The smallest absolute Gasteiger partial charge is 0.147 e. The SMILES string of the molecule is CC1CN(CCCS(C)(=O)=O)CC(c2ccccc2)O1. The van der Waals surface area contributed by atoms with Gasteiger partial charge in [0.2, 0.25) is 0 Å². The highest BCUT2D eigenvalue weighted by Gasteiger charge is 2.26. The molecule has 0 bridgehead atoms. The van der Waals surface area contributed by atoms with E-state index in [9.17, 15) is 8.42 Å². The van der Waals surface area contributed by atoms with Crippen molar-refractivity contribution in [1.29, 1.82) is 0 Å². The number of rotatable bonds is 5. The van der Waals surface area contributed by atoms with E-state index in [-0.39, 0.29) is 18.0 Å². The summed E-state index contributed by atoms with van der Waals surface area (Å²) in [4.78, 5) is 2.30. The monoisotopic (exact) mass is 297 g/mol. The minimum Gasteiger partial charge on any atom is -0.368 e. The first kappa shape index (κ1) is 15.5. The Morgan fingerprint density at radius 3 is 2.60 bits per heavy atom. The van der Waals surface area contributed by atoms with Crippen molar-refractivity contribution in [3.8, 4) is 0 Å². The normalized spacial score (nSPS) is 24.7. The summed E-state index contributed by atoms with van der Waals surface area (Å²) in [5, 5.41) is 0. The van der Waals surface area contributed by atoms with E-state index in [4.69, 9.17) is 4.74 Å². The zero-order valence-electron chi connectivity index (χ0n) is 12.2. The number of ether oxygens (including phenoxy) is 1. The van der Waals surface area contributed by atoms with Crippen LogP contribution in [-0.2, 0) is 14.6 Å². The molecule has 1 heterocycles. The third kappa shape index (κ3) is 4.89. The van der Waals surface area contributed by atoms with Gasteiger partial charge in [-0.2, -0.15) is 0 Å². The van der Waals surface area contributed by atoms with Crippen LogP contribution < -0.4 is 0 Å². The summed E-state index contributed by atoms with van der Waals surface area (Å²) < 4.78 is 28.3. The summed E-state index contributed by atoms with van der Waals surface area (Å²) in [5.41, 5.74) is 1.19. The highest BCUT2D eigenvalue weighted by Crippen LogP contribution is 2.24. The summed E-state index contributed by atoms with van der Waals surface area (Å²) in [7, 11) is -2.86. The molecule has 1 aromatic carbocycles. The second-order valence-electron chi connectivity index (χ2n) is 5.59. The maximum Gasteiger partial charge on any atom is 0.147 e. The number of sulfone groups is 1. The van der Waals surface area contributed by atoms with Gasteiger partial charge in [0.25, 0.3) is 0 Å². The van der Waals surface area contributed by atoms with Gasteiger partial charge >= 0.3 is 0 Å². The van der Waals surface area contributed by atoms with E-state index in [1.165, 1.54) is 11.8 Å². The second kappa shape index (κ2) is 6.70. The van der Waals surface area contributed by atoms with Crippen LogP contribution in [-0.4, -0.2) is 51.1 Å². The van der Waals surface area contributed by atoms with Gasteiger partial charge in [0.05, 0.1) is 18.0 Å². The molecular weight excluding hydrogens is 274 g/mol. The van der Waals surface area contributed by atoms with Crippen LogP contribution >= 0.6 is 0 Å². The van der Waals surface area contributed by atoms with E-state index >= 15 is 0 Å². The van der Waals surface area contributed by atoms with Gasteiger partial charge in [-0.25, -0.2) is 8.42 Å². The zero-order valence-corrected chi connectivity index (χ0v) is 13.0. The molecule has 0 aromatic heterocycles. The third-order valence-electron chi connectivity index (χ3n) is 3.50. The molecule has 4 nitrogen and oxygen atoms in total. The highest BCUT2D eigenvalue weighted by molar-refractivity contribution is 7.90. The van der Waals surface area contributed by atoms with Gasteiger partial charge in [-0.1, -0.05) is 30.3 Å². The summed E-state index contributed by atoms with van der Waals surface area (Å²) in [5.74, 6) is 0.259. The van der Waals surface area contributed by atoms with Crippen molar-refractivity contribution in [1.82, 2.24) is 4.90 Å². The fraction of sp³-hybridized carbons (Fsp3) is 0.600. The minimum atomic E-state index is -2.86. The van der Waals surface area contributed by atoms with Crippen molar-refractivity contribution < 1.29 is 13.2 Å². The molecule has 0 N–H and O–H groups in total. The molecule has 1 aromatic rings. The maximum atomic E-state index is 11.2. The predicted octanol–water partition coefficient (Wildman–Crippen LogP) is 1.88. The molecule has 20 heavy (non-hydrogen) atoms. The Kier molecular flexibility index (Phi) is 5.18. The molecule has 0 spiro atoms. The molecule has 1 fully saturated rings. The van der Waals surface area contributed by atoms with Gasteiger partial charge in [-0.15, -0.1) is 0 Å². The van der Waals surface area contributed by atoms with Crippen LogP contribution in [0.15, 0.2) is 30.3 Å². The average molecular weight is 297 g/mol. The summed E-state index contributed by atoms with van der Waals surface area (Å²) in [6.07, 6.45) is 2.24. The lowest BCUT2D eigenvalue weighted by atomic mass is 10.1. The van der Waals surface area contributed by atoms with Crippen LogP contribution in [0.5, 0.6) is 0 Å². The fourth-order valence-electron chi connectivity index (χ4n) is 2.62. The van der Waals surface area contributed by atoms with Gasteiger partial charge < -0.3 is 4.74 Å². The fourth-order valence-corrected chi connectivity index (χ4v) is 3.28. The lowest BCUT2D eigenvalue weighted by Gasteiger charge is -2.37. The summed E-state index contributed by atoms with van der Waals surface area (Å²) in [6, 6.07) is 10.2. The largest absolute Gasteiger partial charge is 0.368 e. The Morgan fingerprint density at radius 2 is 1.95 bits per heavy atom. The highest BCUT2D eigenvalue weighted by atomic mass is 32.2. The number of hydrogen-bond donors (Lipinski definition) is 0. The van der Waals surface area contributed by atoms with E-state index in [2.05, 4.69) is 24.0 Å². The lowest BCUT2D eigenvalue weighted by Crippen LogP contribution is -2.43. The molecular formula is C15H23NO3S. The number of nitrogens with zero attached hydrogens (tertiary/aromatic N) is 1. The van der Waals surface area contributed by atoms with Crippen LogP contribution in [0.3, 0.4) is 0 Å². The van der Waals surface area contributed by atoms with Crippen molar-refractivity contribution in [2.75, 3.05) is 31.6 Å². The van der Waals surface area contributed by atoms with Crippen molar-refractivity contribution >= 4 is 9.84 Å². The third-order valence-corrected chi connectivity index (χ3v) is 4.53. The molecule has 5 heteroatoms. The quantitative estimate of drug-likeness (QED) is 0.832. The van der Waals surface area contributed by atoms with E-state index in [0.29, 0.717) is 6.42 Å². The number of benzene rings is 1. The molecule has 1 saturated heterocycles. The van der Waals surface area contributed by atoms with Crippen LogP contribution in [0.4, 0.5) is 0 Å². The van der Waals surface area contributed by atoms with Gasteiger partial charge in [0, 0.05) is 19.3 Å². The van der Waals surface area contributed by atoms with Crippen molar-refractivity contribution in [2.24, 2.45) is 0 Å². The topological polar surface area (TPSA) is 46.6 Å². The molecule has 0 saturated carbocycles. The maximum absolute atomic E-state index is 11.2. The summed E-state index contributed by atoms with van der Waals surface area (Å²) in [6.45, 7) is 4.58. The molecule has 0 amide bonds. The number of morpholine rings is 1. The first-order chi connectivity index (χ1) is 9.44. The Bertz CT molecular complexity index is 515. The standard InChI is InChI=1S/C15H23NO3S/c1-13-11-16(9-6-10-20(2,17)18)12-15(19-13)14-7-4-3-5-8-14/h3-5,7-8,13,15H,6,9-12H2,1-2H3. The molecule has 1 aliphatic heterocycles. The Morgan fingerprint density at radius 1 is 1.25 bits per heavy atom. The van der Waals surface area contributed by atoms with E-state index in [0.717, 1.165) is 19.6 Å². The molecule has 2 rings (SSSR count).